The Bertz CT molecular complexity index is 513. The zero-order valence-corrected chi connectivity index (χ0v) is 13.6. The van der Waals surface area contributed by atoms with Crippen molar-refractivity contribution in [2.45, 2.75) is 18.9 Å². The Morgan fingerprint density at radius 3 is 2.19 bits per heavy atom. The molecule has 2 aromatic carbocycles. The van der Waals surface area contributed by atoms with Crippen LogP contribution in [0, 0.1) is 0 Å². The predicted molar refractivity (Wildman–Crippen MR) is 89.6 cm³/mol. The molecule has 1 unspecified atom stereocenters. The molecule has 0 radical (unpaired) electrons. The second kappa shape index (κ2) is 8.96. The number of hydrogen-bond donors (Lipinski definition) is 0. The molecule has 2 rings (SSSR count). The molecular formula is C18H20BrFO. The summed E-state index contributed by atoms with van der Waals surface area (Å²) in [5, 5.41) is 0.961. The van der Waals surface area contributed by atoms with Gasteiger partial charge in [-0.25, -0.2) is 4.39 Å². The second-order valence-corrected chi connectivity index (χ2v) is 5.69. The van der Waals surface area contributed by atoms with Gasteiger partial charge in [-0.2, -0.15) is 0 Å². The molecule has 21 heavy (non-hydrogen) atoms. The molecule has 0 saturated carbocycles. The lowest BCUT2D eigenvalue weighted by atomic mass is 10.0. The normalized spacial score (nSPS) is 12.3. The topological polar surface area (TPSA) is 9.23 Å². The fourth-order valence-corrected chi connectivity index (χ4v) is 2.57. The van der Waals surface area contributed by atoms with Crippen molar-refractivity contribution in [2.24, 2.45) is 0 Å². The van der Waals surface area contributed by atoms with Crippen molar-refractivity contribution in [3.63, 3.8) is 0 Å². The van der Waals surface area contributed by atoms with Crippen molar-refractivity contribution in [3.05, 3.63) is 60.2 Å². The van der Waals surface area contributed by atoms with Crippen LogP contribution in [0.5, 0.6) is 0 Å². The minimum atomic E-state index is -0.487. The highest BCUT2D eigenvalue weighted by atomic mass is 79.9. The van der Waals surface area contributed by atoms with E-state index in [4.69, 9.17) is 4.74 Å². The van der Waals surface area contributed by atoms with Gasteiger partial charge in [-0.15, -0.1) is 0 Å². The van der Waals surface area contributed by atoms with E-state index in [1.807, 2.05) is 42.5 Å². The number of hydrogen-bond acceptors (Lipinski definition) is 1. The summed E-state index contributed by atoms with van der Waals surface area (Å²) in [6.45, 7) is 0.111. The van der Waals surface area contributed by atoms with Gasteiger partial charge in [0.15, 0.2) is 0 Å². The molecule has 0 aliphatic rings. The summed E-state index contributed by atoms with van der Waals surface area (Å²) >= 11 is 3.38. The van der Waals surface area contributed by atoms with E-state index in [-0.39, 0.29) is 0 Å². The third kappa shape index (κ3) is 4.94. The van der Waals surface area contributed by atoms with E-state index in [0.29, 0.717) is 6.61 Å². The Balaban J connectivity index is 1.99. The minimum absolute atomic E-state index is 0.454. The molecular weight excluding hydrogens is 331 g/mol. The van der Waals surface area contributed by atoms with Gasteiger partial charge in [0.1, 0.15) is 12.8 Å². The number of unbranched alkanes of at least 4 members (excludes halogenated alkanes) is 1. The van der Waals surface area contributed by atoms with Crippen LogP contribution in [0.25, 0.3) is 11.1 Å². The fraction of sp³-hybridized carbons (Fsp3) is 0.333. The third-order valence-electron chi connectivity index (χ3n) is 3.38. The van der Waals surface area contributed by atoms with Crippen molar-refractivity contribution < 1.29 is 9.13 Å². The molecule has 0 fully saturated rings. The highest BCUT2D eigenvalue weighted by Crippen LogP contribution is 2.24. The molecule has 0 aliphatic carbocycles. The first-order valence-electron chi connectivity index (χ1n) is 7.24. The van der Waals surface area contributed by atoms with Crippen LogP contribution in [0.1, 0.15) is 24.5 Å². The Hall–Kier alpha value is -1.19. The standard InChI is InChI=1S/C18H20BrFO/c19-12-4-5-13-21-18(14-20)17-10-8-16(9-11-17)15-6-2-1-3-7-15/h1-3,6-11,18H,4-5,12-14H2. The maximum absolute atomic E-state index is 13.1. The summed E-state index contributed by atoms with van der Waals surface area (Å²) in [5.74, 6) is 0. The first-order chi connectivity index (χ1) is 10.3. The molecule has 3 heteroatoms. The van der Waals surface area contributed by atoms with Gasteiger partial charge in [-0.05, 0) is 29.5 Å². The fourth-order valence-electron chi connectivity index (χ4n) is 2.17. The Morgan fingerprint density at radius 1 is 0.905 bits per heavy atom. The lowest BCUT2D eigenvalue weighted by Gasteiger charge is -2.15. The average Bonchev–Trinajstić information content (AvgIpc) is 2.56. The maximum atomic E-state index is 13.1. The monoisotopic (exact) mass is 350 g/mol. The number of alkyl halides is 2. The van der Waals surface area contributed by atoms with Crippen LogP contribution in [0.2, 0.25) is 0 Å². The second-order valence-electron chi connectivity index (χ2n) is 4.90. The lowest BCUT2D eigenvalue weighted by Crippen LogP contribution is -2.07. The highest BCUT2D eigenvalue weighted by Gasteiger charge is 2.11. The van der Waals surface area contributed by atoms with Crippen LogP contribution in [-0.4, -0.2) is 18.6 Å². The van der Waals surface area contributed by atoms with Gasteiger partial charge in [0, 0.05) is 11.9 Å². The van der Waals surface area contributed by atoms with Gasteiger partial charge >= 0.3 is 0 Å². The largest absolute Gasteiger partial charge is 0.371 e. The molecule has 0 heterocycles. The SMILES string of the molecule is FCC(OCCCCBr)c1ccc(-c2ccccc2)cc1. The molecule has 0 amide bonds. The van der Waals surface area contributed by atoms with Gasteiger partial charge in [-0.1, -0.05) is 70.5 Å². The zero-order chi connectivity index (χ0) is 14.9. The van der Waals surface area contributed by atoms with E-state index in [1.165, 1.54) is 5.56 Å². The third-order valence-corrected chi connectivity index (χ3v) is 3.94. The van der Waals surface area contributed by atoms with Crippen LogP contribution in [0.4, 0.5) is 4.39 Å². The van der Waals surface area contributed by atoms with Crippen LogP contribution in [0.15, 0.2) is 54.6 Å². The molecule has 0 bridgehead atoms. The van der Waals surface area contributed by atoms with Crippen LogP contribution < -0.4 is 0 Å². The molecule has 1 atom stereocenters. The van der Waals surface area contributed by atoms with E-state index >= 15 is 0 Å². The summed E-state index contributed by atoms with van der Waals surface area (Å²) in [4.78, 5) is 0. The minimum Gasteiger partial charge on any atom is -0.371 e. The molecule has 0 saturated heterocycles. The van der Waals surface area contributed by atoms with Crippen LogP contribution in [0.3, 0.4) is 0 Å². The van der Waals surface area contributed by atoms with E-state index in [1.54, 1.807) is 0 Å². The summed E-state index contributed by atoms with van der Waals surface area (Å²) < 4.78 is 18.8. The molecule has 0 aromatic heterocycles. The van der Waals surface area contributed by atoms with Crippen molar-refractivity contribution >= 4 is 15.9 Å². The summed E-state index contributed by atoms with van der Waals surface area (Å²) in [6, 6.07) is 18.1. The van der Waals surface area contributed by atoms with Crippen molar-refractivity contribution in [1.82, 2.24) is 0 Å². The number of halogens is 2. The van der Waals surface area contributed by atoms with E-state index in [0.717, 1.165) is 29.3 Å². The van der Waals surface area contributed by atoms with Crippen LogP contribution >= 0.6 is 15.9 Å². The van der Waals surface area contributed by atoms with Crippen molar-refractivity contribution in [1.29, 1.82) is 0 Å². The zero-order valence-electron chi connectivity index (χ0n) is 12.0. The first kappa shape index (κ1) is 16.2. The molecule has 1 nitrogen and oxygen atoms in total. The summed E-state index contributed by atoms with van der Waals surface area (Å²) in [7, 11) is 0. The van der Waals surface area contributed by atoms with Crippen molar-refractivity contribution in [3.8, 4) is 11.1 Å². The molecule has 112 valence electrons. The molecule has 0 N–H and O–H groups in total. The van der Waals surface area contributed by atoms with Crippen LogP contribution in [-0.2, 0) is 4.74 Å². The van der Waals surface area contributed by atoms with Gasteiger partial charge in [-0.3, -0.25) is 0 Å². The number of ether oxygens (including phenoxy) is 1. The van der Waals surface area contributed by atoms with Gasteiger partial charge in [0.2, 0.25) is 0 Å². The summed E-state index contributed by atoms with van der Waals surface area (Å²) in [5.41, 5.74) is 3.20. The Labute approximate surface area is 134 Å². The highest BCUT2D eigenvalue weighted by molar-refractivity contribution is 9.09. The van der Waals surface area contributed by atoms with Crippen molar-refractivity contribution in [2.75, 3.05) is 18.6 Å². The van der Waals surface area contributed by atoms with E-state index in [2.05, 4.69) is 28.1 Å². The van der Waals surface area contributed by atoms with E-state index in [9.17, 15) is 4.39 Å². The number of benzene rings is 2. The lowest BCUT2D eigenvalue weighted by molar-refractivity contribution is 0.0334. The van der Waals surface area contributed by atoms with E-state index < -0.39 is 12.8 Å². The quantitative estimate of drug-likeness (QED) is 0.447. The molecule has 0 spiro atoms. The number of rotatable bonds is 8. The van der Waals surface area contributed by atoms with Gasteiger partial charge in [0.25, 0.3) is 0 Å². The first-order valence-corrected chi connectivity index (χ1v) is 8.36. The average molecular weight is 351 g/mol. The molecule has 2 aromatic rings. The summed E-state index contributed by atoms with van der Waals surface area (Å²) in [6.07, 6.45) is 1.54. The maximum Gasteiger partial charge on any atom is 0.120 e. The molecule has 0 aliphatic heterocycles. The van der Waals surface area contributed by atoms with Gasteiger partial charge < -0.3 is 4.74 Å². The van der Waals surface area contributed by atoms with Gasteiger partial charge in [0.05, 0.1) is 0 Å². The Morgan fingerprint density at radius 2 is 1.57 bits per heavy atom. The smallest absolute Gasteiger partial charge is 0.120 e. The Kier molecular flexibility index (Phi) is 6.90. The predicted octanol–water partition coefficient (Wildman–Crippen LogP) is 5.56.